The number of amides is 1. The van der Waals surface area contributed by atoms with Gasteiger partial charge in [-0.15, -0.1) is 0 Å². The number of nitrogens with zero attached hydrogens (tertiary/aromatic N) is 4. The van der Waals surface area contributed by atoms with Gasteiger partial charge in [-0.3, -0.25) is 9.48 Å². The molecular formula is C23H29N5O3. The van der Waals surface area contributed by atoms with Crippen LogP contribution in [0.4, 0.5) is 5.82 Å². The van der Waals surface area contributed by atoms with Crippen molar-refractivity contribution in [2.75, 3.05) is 25.1 Å². The molecule has 3 aromatic rings. The second kappa shape index (κ2) is 8.00. The van der Waals surface area contributed by atoms with Crippen molar-refractivity contribution in [2.45, 2.75) is 45.4 Å². The number of hydrogen-bond donors (Lipinski definition) is 1. The Morgan fingerprint density at radius 1 is 1.29 bits per heavy atom. The van der Waals surface area contributed by atoms with Crippen LogP contribution in [0.15, 0.2) is 35.1 Å². The Bertz CT molecular complexity index is 1090. The van der Waals surface area contributed by atoms with Crippen LogP contribution in [0.3, 0.4) is 0 Å². The molecule has 31 heavy (non-hydrogen) atoms. The van der Waals surface area contributed by atoms with Crippen molar-refractivity contribution >= 4 is 22.7 Å². The topological polar surface area (TPSA) is 85.4 Å². The molecule has 1 aliphatic carbocycles. The molecule has 0 bridgehead atoms. The highest BCUT2D eigenvalue weighted by atomic mass is 16.5. The number of rotatable bonds is 5. The van der Waals surface area contributed by atoms with E-state index in [1.54, 1.807) is 18.1 Å². The van der Waals surface area contributed by atoms with Crippen LogP contribution in [-0.4, -0.2) is 53.0 Å². The monoisotopic (exact) mass is 423 g/mol. The SMILES string of the molecule is CCn1nc(C)cc1C(=O)N[C@H]1C[C@H]2CN(c3nccc4occc34)C[C@H]2C[C@@H]1OC. The minimum Gasteiger partial charge on any atom is -0.464 e. The molecule has 1 N–H and O–H groups in total. The second-order valence-electron chi connectivity index (χ2n) is 8.70. The molecule has 8 nitrogen and oxygen atoms in total. The van der Waals surface area contributed by atoms with E-state index in [1.165, 1.54) is 0 Å². The summed E-state index contributed by atoms with van der Waals surface area (Å²) in [7, 11) is 1.74. The van der Waals surface area contributed by atoms with Crippen LogP contribution in [0.2, 0.25) is 0 Å². The van der Waals surface area contributed by atoms with Gasteiger partial charge in [0.1, 0.15) is 17.1 Å². The fourth-order valence-corrected chi connectivity index (χ4v) is 5.34. The Morgan fingerprint density at radius 3 is 2.87 bits per heavy atom. The van der Waals surface area contributed by atoms with Gasteiger partial charge in [0, 0.05) is 32.9 Å². The molecule has 1 amide bonds. The zero-order valence-electron chi connectivity index (χ0n) is 18.2. The van der Waals surface area contributed by atoms with Crippen LogP contribution in [0.5, 0.6) is 0 Å². The van der Waals surface area contributed by atoms with Crippen LogP contribution in [0.25, 0.3) is 11.0 Å². The van der Waals surface area contributed by atoms with Gasteiger partial charge in [0.2, 0.25) is 0 Å². The zero-order valence-corrected chi connectivity index (χ0v) is 18.2. The number of carbonyl (C=O) groups is 1. The van der Waals surface area contributed by atoms with Gasteiger partial charge in [-0.05, 0) is 56.7 Å². The average molecular weight is 424 g/mol. The standard InChI is InChI=1S/C23H29N5O3/c1-4-28-19(9-14(2)26-28)23(29)25-18-10-15-12-27(13-16(15)11-21(18)30-3)22-17-6-8-31-20(17)5-7-24-22/h5-9,15-16,18,21H,4,10-13H2,1-3H3,(H,25,29)/t15-,16+,18-,21-/m0/s1. The van der Waals surface area contributed by atoms with E-state index in [0.717, 1.165) is 48.4 Å². The lowest BCUT2D eigenvalue weighted by Gasteiger charge is -2.37. The van der Waals surface area contributed by atoms with Gasteiger partial charge >= 0.3 is 0 Å². The molecule has 4 heterocycles. The third-order valence-corrected chi connectivity index (χ3v) is 6.83. The number of fused-ring (bicyclic) bond motifs is 2. The summed E-state index contributed by atoms with van der Waals surface area (Å²) in [6.07, 6.45) is 5.35. The minimum atomic E-state index is -0.0763. The number of aryl methyl sites for hydroxylation is 2. The molecule has 8 heteroatoms. The highest BCUT2D eigenvalue weighted by Gasteiger charge is 2.43. The van der Waals surface area contributed by atoms with E-state index >= 15 is 0 Å². The maximum atomic E-state index is 13.0. The predicted molar refractivity (Wildman–Crippen MR) is 117 cm³/mol. The molecule has 3 aromatic heterocycles. The van der Waals surface area contributed by atoms with Gasteiger partial charge in [0.15, 0.2) is 0 Å². The molecule has 0 radical (unpaired) electrons. The summed E-state index contributed by atoms with van der Waals surface area (Å²) in [6, 6.07) is 5.72. The molecule has 5 rings (SSSR count). The minimum absolute atomic E-state index is 0.00178. The molecule has 0 spiro atoms. The van der Waals surface area contributed by atoms with Crippen molar-refractivity contribution in [2.24, 2.45) is 11.8 Å². The average Bonchev–Trinajstić information content (AvgIpc) is 3.49. The number of furan rings is 1. The van der Waals surface area contributed by atoms with Crippen molar-refractivity contribution in [3.05, 3.63) is 42.0 Å². The molecular weight excluding hydrogens is 394 g/mol. The van der Waals surface area contributed by atoms with Crippen LogP contribution in [0, 0.1) is 18.8 Å². The molecule has 1 saturated carbocycles. The van der Waals surface area contributed by atoms with E-state index in [9.17, 15) is 4.79 Å². The first kappa shape index (κ1) is 20.1. The number of aromatic nitrogens is 3. The fourth-order valence-electron chi connectivity index (χ4n) is 5.34. The molecule has 1 saturated heterocycles. The van der Waals surface area contributed by atoms with Crippen molar-refractivity contribution in [1.29, 1.82) is 0 Å². The normalized spacial score (nSPS) is 25.7. The van der Waals surface area contributed by atoms with Crippen molar-refractivity contribution in [1.82, 2.24) is 20.1 Å². The highest BCUT2D eigenvalue weighted by molar-refractivity contribution is 5.93. The number of ether oxygens (including phenoxy) is 1. The van der Waals surface area contributed by atoms with E-state index < -0.39 is 0 Å². The van der Waals surface area contributed by atoms with Crippen molar-refractivity contribution < 1.29 is 13.9 Å². The van der Waals surface area contributed by atoms with E-state index in [2.05, 4.69) is 20.3 Å². The Balaban J connectivity index is 1.32. The van der Waals surface area contributed by atoms with Gasteiger partial charge in [-0.25, -0.2) is 4.98 Å². The number of nitrogens with one attached hydrogen (secondary N) is 1. The summed E-state index contributed by atoms with van der Waals surface area (Å²) in [6.45, 7) is 6.45. The fraction of sp³-hybridized carbons (Fsp3) is 0.522. The maximum Gasteiger partial charge on any atom is 0.269 e. The van der Waals surface area contributed by atoms with Gasteiger partial charge < -0.3 is 19.4 Å². The van der Waals surface area contributed by atoms with Crippen molar-refractivity contribution in [3.63, 3.8) is 0 Å². The largest absolute Gasteiger partial charge is 0.464 e. The number of hydrogen-bond acceptors (Lipinski definition) is 6. The lowest BCUT2D eigenvalue weighted by atomic mass is 9.77. The Hall–Kier alpha value is -2.87. The summed E-state index contributed by atoms with van der Waals surface area (Å²) >= 11 is 0. The number of pyridine rings is 1. The molecule has 1 aliphatic heterocycles. The molecule has 0 unspecified atom stereocenters. The molecule has 2 aliphatic rings. The summed E-state index contributed by atoms with van der Waals surface area (Å²) in [4.78, 5) is 20.0. The third-order valence-electron chi connectivity index (χ3n) is 6.83. The lowest BCUT2D eigenvalue weighted by Crippen LogP contribution is -2.50. The third kappa shape index (κ3) is 3.59. The maximum absolute atomic E-state index is 13.0. The van der Waals surface area contributed by atoms with Crippen LogP contribution in [0.1, 0.15) is 35.9 Å². The Labute approximate surface area is 181 Å². The first-order valence-corrected chi connectivity index (χ1v) is 11.0. The second-order valence-corrected chi connectivity index (χ2v) is 8.70. The van der Waals surface area contributed by atoms with Crippen molar-refractivity contribution in [3.8, 4) is 0 Å². The van der Waals surface area contributed by atoms with E-state index in [-0.39, 0.29) is 18.1 Å². The summed E-state index contributed by atoms with van der Waals surface area (Å²) in [5.41, 5.74) is 2.33. The summed E-state index contributed by atoms with van der Waals surface area (Å²) in [5, 5.41) is 8.70. The molecule has 164 valence electrons. The quantitative estimate of drug-likeness (QED) is 0.679. The number of anilines is 1. The van der Waals surface area contributed by atoms with Crippen LogP contribution in [-0.2, 0) is 11.3 Å². The molecule has 4 atom stereocenters. The lowest BCUT2D eigenvalue weighted by molar-refractivity contribution is 0.0124. The molecule has 0 aromatic carbocycles. The molecule has 2 fully saturated rings. The van der Waals surface area contributed by atoms with E-state index in [4.69, 9.17) is 9.15 Å². The summed E-state index contributed by atoms with van der Waals surface area (Å²) in [5.74, 6) is 1.91. The van der Waals surface area contributed by atoms with Gasteiger partial charge in [-0.2, -0.15) is 5.10 Å². The summed E-state index contributed by atoms with van der Waals surface area (Å²) < 4.78 is 13.1. The Morgan fingerprint density at radius 2 is 2.10 bits per heavy atom. The van der Waals surface area contributed by atoms with Crippen LogP contribution >= 0.6 is 0 Å². The van der Waals surface area contributed by atoms with Gasteiger partial charge in [-0.1, -0.05) is 0 Å². The van der Waals surface area contributed by atoms with Crippen LogP contribution < -0.4 is 10.2 Å². The zero-order chi connectivity index (χ0) is 21.5. The number of methoxy groups -OCH3 is 1. The van der Waals surface area contributed by atoms with E-state index in [1.807, 2.05) is 38.2 Å². The first-order chi connectivity index (χ1) is 15.1. The van der Waals surface area contributed by atoms with Gasteiger partial charge in [0.25, 0.3) is 5.91 Å². The number of carbonyl (C=O) groups excluding carboxylic acids is 1. The van der Waals surface area contributed by atoms with Gasteiger partial charge in [0.05, 0.1) is 29.5 Å². The Kier molecular flexibility index (Phi) is 5.17. The highest BCUT2D eigenvalue weighted by Crippen LogP contribution is 2.40. The van der Waals surface area contributed by atoms with E-state index in [0.29, 0.717) is 24.1 Å². The predicted octanol–water partition coefficient (Wildman–Crippen LogP) is 3.01. The smallest absolute Gasteiger partial charge is 0.269 e. The first-order valence-electron chi connectivity index (χ1n) is 11.0.